The molecule has 2 unspecified atom stereocenters. The lowest BCUT2D eigenvalue weighted by molar-refractivity contribution is -0.384. The minimum absolute atomic E-state index is 0.0264. The Balaban J connectivity index is 1.48. The number of non-ortho nitro benzene ring substituents is 1. The van der Waals surface area contributed by atoms with Crippen molar-refractivity contribution in [3.8, 4) is 5.75 Å². The minimum atomic E-state index is -0.366. The fraction of sp³-hybridized carbons (Fsp3) is 0.500. The van der Waals surface area contributed by atoms with Crippen molar-refractivity contribution in [1.29, 1.82) is 0 Å². The lowest BCUT2D eigenvalue weighted by Gasteiger charge is -2.49. The molecule has 0 bridgehead atoms. The van der Waals surface area contributed by atoms with E-state index in [1.165, 1.54) is 0 Å². The lowest BCUT2D eigenvalue weighted by atomic mass is 9.83. The fourth-order valence-corrected chi connectivity index (χ4v) is 4.91. The van der Waals surface area contributed by atoms with Crippen LogP contribution in [0.1, 0.15) is 25.8 Å². The molecule has 34 heavy (non-hydrogen) atoms. The molecule has 2 heterocycles. The number of hydrogen-bond donors (Lipinski definition) is 1. The van der Waals surface area contributed by atoms with E-state index in [2.05, 4.69) is 29.0 Å². The number of ether oxygens (including phenoxy) is 1. The van der Waals surface area contributed by atoms with Crippen LogP contribution in [0.25, 0.3) is 0 Å². The molecule has 1 amide bonds. The van der Waals surface area contributed by atoms with E-state index in [1.54, 1.807) is 12.1 Å². The molecular formula is C26H34N4O4. The summed E-state index contributed by atoms with van der Waals surface area (Å²) in [5.41, 5.74) is 1.98. The molecule has 8 nitrogen and oxygen atoms in total. The van der Waals surface area contributed by atoms with Crippen LogP contribution in [-0.4, -0.2) is 61.1 Å². The highest BCUT2D eigenvalue weighted by Gasteiger charge is 2.41. The molecular weight excluding hydrogens is 432 g/mol. The molecule has 2 aliphatic rings. The summed E-state index contributed by atoms with van der Waals surface area (Å²) in [6, 6.07) is 14.9. The molecule has 1 fully saturated rings. The normalized spacial score (nSPS) is 19.9. The molecule has 2 aliphatic heterocycles. The fourth-order valence-electron chi connectivity index (χ4n) is 4.91. The second-order valence-corrected chi connectivity index (χ2v) is 9.58. The van der Waals surface area contributed by atoms with Crippen molar-refractivity contribution in [2.75, 3.05) is 44.2 Å². The average molecular weight is 467 g/mol. The van der Waals surface area contributed by atoms with Crippen LogP contribution in [0.2, 0.25) is 0 Å². The first-order valence-corrected chi connectivity index (χ1v) is 12.1. The number of rotatable bonds is 9. The monoisotopic (exact) mass is 466 g/mol. The van der Waals surface area contributed by atoms with Gasteiger partial charge in [0.25, 0.3) is 5.69 Å². The summed E-state index contributed by atoms with van der Waals surface area (Å²) in [6.45, 7) is 8.69. The Morgan fingerprint density at radius 2 is 2.00 bits per heavy atom. The number of nitrogens with one attached hydrogen (secondary N) is 1. The Labute approximate surface area is 201 Å². The Bertz CT molecular complexity index is 998. The van der Waals surface area contributed by atoms with Crippen LogP contribution in [0.5, 0.6) is 5.75 Å². The molecule has 0 saturated carbocycles. The molecule has 8 heteroatoms. The molecule has 0 radical (unpaired) electrons. The van der Waals surface area contributed by atoms with Crippen LogP contribution in [0.15, 0.2) is 48.5 Å². The van der Waals surface area contributed by atoms with E-state index in [0.717, 1.165) is 49.6 Å². The number of piperazine rings is 1. The molecule has 0 spiro atoms. The van der Waals surface area contributed by atoms with E-state index >= 15 is 0 Å². The Kier molecular flexibility index (Phi) is 7.67. The van der Waals surface area contributed by atoms with Crippen LogP contribution >= 0.6 is 0 Å². The van der Waals surface area contributed by atoms with Gasteiger partial charge in [-0.25, -0.2) is 0 Å². The SMILES string of the molecule is CC(C)CCNC(=O)C1Cc2cc([N+](=O)[O-])ccc2N2CCN(CCOc3ccccc3)CC12. The van der Waals surface area contributed by atoms with Crippen LogP contribution in [-0.2, 0) is 11.2 Å². The predicted molar refractivity (Wildman–Crippen MR) is 132 cm³/mol. The zero-order valence-electron chi connectivity index (χ0n) is 20.0. The number of carbonyl (C=O) groups is 1. The lowest BCUT2D eigenvalue weighted by Crippen LogP contribution is -2.61. The zero-order chi connectivity index (χ0) is 24.1. The zero-order valence-corrected chi connectivity index (χ0v) is 20.0. The second kappa shape index (κ2) is 10.9. The Morgan fingerprint density at radius 1 is 1.21 bits per heavy atom. The van der Waals surface area contributed by atoms with E-state index in [9.17, 15) is 14.9 Å². The number of para-hydroxylation sites is 1. The van der Waals surface area contributed by atoms with Gasteiger partial charge >= 0.3 is 0 Å². The maximum absolute atomic E-state index is 13.3. The quantitative estimate of drug-likeness (QED) is 0.450. The summed E-state index contributed by atoms with van der Waals surface area (Å²) in [7, 11) is 0. The first kappa shape index (κ1) is 24.0. The van der Waals surface area contributed by atoms with Crippen LogP contribution in [0.4, 0.5) is 11.4 Å². The van der Waals surface area contributed by atoms with Gasteiger partial charge in [-0.2, -0.15) is 0 Å². The standard InChI is InChI=1S/C26H34N4O4/c1-19(2)10-11-27-26(31)23-17-20-16-21(30(32)33)8-9-24(20)29-13-12-28(18-25(23)29)14-15-34-22-6-4-3-5-7-22/h3-9,16,19,23,25H,10-15,17-18H2,1-2H3,(H,27,31). The van der Waals surface area contributed by atoms with Gasteiger partial charge in [-0.1, -0.05) is 32.0 Å². The van der Waals surface area contributed by atoms with Crippen molar-refractivity contribution in [1.82, 2.24) is 10.2 Å². The van der Waals surface area contributed by atoms with Gasteiger partial charge in [0.15, 0.2) is 0 Å². The van der Waals surface area contributed by atoms with Gasteiger partial charge in [-0.15, -0.1) is 0 Å². The van der Waals surface area contributed by atoms with Gasteiger partial charge in [-0.05, 0) is 42.5 Å². The largest absolute Gasteiger partial charge is 0.492 e. The minimum Gasteiger partial charge on any atom is -0.492 e. The molecule has 2 aromatic rings. The number of anilines is 1. The highest BCUT2D eigenvalue weighted by Crippen LogP contribution is 2.37. The van der Waals surface area contributed by atoms with Crippen molar-refractivity contribution in [3.05, 3.63) is 64.2 Å². The first-order valence-electron chi connectivity index (χ1n) is 12.1. The second-order valence-electron chi connectivity index (χ2n) is 9.58. The summed E-state index contributed by atoms with van der Waals surface area (Å²) in [5, 5.41) is 14.5. The van der Waals surface area contributed by atoms with Gasteiger partial charge < -0.3 is 15.0 Å². The average Bonchev–Trinajstić information content (AvgIpc) is 2.83. The molecule has 1 saturated heterocycles. The van der Waals surface area contributed by atoms with Gasteiger partial charge in [0, 0.05) is 50.5 Å². The number of hydrogen-bond acceptors (Lipinski definition) is 6. The van der Waals surface area contributed by atoms with E-state index in [-0.39, 0.29) is 28.5 Å². The molecule has 182 valence electrons. The summed E-state index contributed by atoms with van der Waals surface area (Å²) in [6.07, 6.45) is 1.44. The van der Waals surface area contributed by atoms with Crippen LogP contribution in [0.3, 0.4) is 0 Å². The molecule has 0 aliphatic carbocycles. The van der Waals surface area contributed by atoms with Crippen LogP contribution < -0.4 is 15.0 Å². The number of benzene rings is 2. The summed E-state index contributed by atoms with van der Waals surface area (Å²) < 4.78 is 5.89. The first-order chi connectivity index (χ1) is 16.4. The molecule has 2 atom stereocenters. The maximum atomic E-state index is 13.3. The van der Waals surface area contributed by atoms with E-state index in [0.29, 0.717) is 25.5 Å². The van der Waals surface area contributed by atoms with Gasteiger partial charge in [-0.3, -0.25) is 19.8 Å². The third-order valence-electron chi connectivity index (χ3n) is 6.77. The van der Waals surface area contributed by atoms with Crippen molar-refractivity contribution in [2.24, 2.45) is 11.8 Å². The third-order valence-corrected chi connectivity index (χ3v) is 6.77. The molecule has 0 aromatic heterocycles. The number of nitro benzene ring substituents is 1. The highest BCUT2D eigenvalue weighted by atomic mass is 16.6. The number of nitro groups is 1. The number of carbonyl (C=O) groups excluding carboxylic acids is 1. The van der Waals surface area contributed by atoms with Crippen molar-refractivity contribution < 1.29 is 14.5 Å². The predicted octanol–water partition coefficient (Wildman–Crippen LogP) is 3.50. The third kappa shape index (κ3) is 5.67. The summed E-state index contributed by atoms with van der Waals surface area (Å²) in [4.78, 5) is 28.9. The number of nitrogens with zero attached hydrogens (tertiary/aromatic N) is 3. The maximum Gasteiger partial charge on any atom is 0.269 e. The molecule has 4 rings (SSSR count). The number of amides is 1. The van der Waals surface area contributed by atoms with Crippen molar-refractivity contribution >= 4 is 17.3 Å². The van der Waals surface area contributed by atoms with Crippen molar-refractivity contribution in [2.45, 2.75) is 32.7 Å². The molecule has 1 N–H and O–H groups in total. The summed E-state index contributed by atoms with van der Waals surface area (Å²) in [5.74, 6) is 1.16. The van der Waals surface area contributed by atoms with Gasteiger partial charge in [0.2, 0.25) is 5.91 Å². The highest BCUT2D eigenvalue weighted by molar-refractivity contribution is 5.82. The Morgan fingerprint density at radius 3 is 2.74 bits per heavy atom. The topological polar surface area (TPSA) is 87.9 Å². The Hall–Kier alpha value is -3.13. The van der Waals surface area contributed by atoms with E-state index < -0.39 is 0 Å². The number of fused-ring (bicyclic) bond motifs is 3. The summed E-state index contributed by atoms with van der Waals surface area (Å²) >= 11 is 0. The van der Waals surface area contributed by atoms with Crippen LogP contribution in [0, 0.1) is 22.0 Å². The van der Waals surface area contributed by atoms with E-state index in [1.807, 2.05) is 36.4 Å². The van der Waals surface area contributed by atoms with Gasteiger partial charge in [0.05, 0.1) is 16.9 Å². The van der Waals surface area contributed by atoms with E-state index in [4.69, 9.17) is 4.74 Å². The van der Waals surface area contributed by atoms with Gasteiger partial charge in [0.1, 0.15) is 12.4 Å². The van der Waals surface area contributed by atoms with Crippen molar-refractivity contribution in [3.63, 3.8) is 0 Å². The smallest absolute Gasteiger partial charge is 0.269 e. The molecule has 2 aromatic carbocycles.